The van der Waals surface area contributed by atoms with Gasteiger partial charge in [0.2, 0.25) is 5.91 Å². The predicted molar refractivity (Wildman–Crippen MR) is 106 cm³/mol. The second-order valence-electron chi connectivity index (χ2n) is 7.75. The molecule has 2 N–H and O–H groups in total. The first-order chi connectivity index (χ1) is 13.2. The molecule has 1 aromatic heterocycles. The third-order valence-corrected chi connectivity index (χ3v) is 5.88. The number of aromatic nitrogens is 1. The molecule has 5 heteroatoms. The summed E-state index contributed by atoms with van der Waals surface area (Å²) in [5.41, 5.74) is 10.4. The molecule has 0 bridgehead atoms. The maximum absolute atomic E-state index is 13.2. The molecular weight excluding hydrogens is 336 g/mol. The van der Waals surface area contributed by atoms with Crippen molar-refractivity contribution >= 4 is 5.91 Å². The van der Waals surface area contributed by atoms with Crippen molar-refractivity contribution in [3.63, 3.8) is 0 Å². The van der Waals surface area contributed by atoms with E-state index in [0.29, 0.717) is 12.3 Å². The number of carbonyl (C=O) groups excluding carboxylic acids is 1. The molecule has 2 aromatic rings. The van der Waals surface area contributed by atoms with E-state index < -0.39 is 0 Å². The van der Waals surface area contributed by atoms with E-state index in [-0.39, 0.29) is 18.0 Å². The minimum atomic E-state index is 0.226. The van der Waals surface area contributed by atoms with Gasteiger partial charge in [0.05, 0.1) is 6.42 Å². The van der Waals surface area contributed by atoms with Gasteiger partial charge in [0.1, 0.15) is 0 Å². The number of piperidine rings is 1. The van der Waals surface area contributed by atoms with Gasteiger partial charge in [-0.2, -0.15) is 0 Å². The van der Waals surface area contributed by atoms with Gasteiger partial charge in [0.15, 0.2) is 0 Å². The van der Waals surface area contributed by atoms with Gasteiger partial charge in [0, 0.05) is 43.5 Å². The van der Waals surface area contributed by atoms with Crippen molar-refractivity contribution in [1.82, 2.24) is 20.7 Å². The number of aryl methyl sites for hydroxylation is 1. The van der Waals surface area contributed by atoms with E-state index in [4.69, 9.17) is 0 Å². The molecule has 0 radical (unpaired) electrons. The van der Waals surface area contributed by atoms with Gasteiger partial charge < -0.3 is 4.90 Å². The highest BCUT2D eigenvalue weighted by molar-refractivity contribution is 5.79. The van der Waals surface area contributed by atoms with Gasteiger partial charge in [-0.15, -0.1) is 0 Å². The predicted octanol–water partition coefficient (Wildman–Crippen LogP) is 2.57. The third kappa shape index (κ3) is 4.04. The van der Waals surface area contributed by atoms with Crippen molar-refractivity contribution in [2.24, 2.45) is 0 Å². The number of likely N-dealkylation sites (tertiary alicyclic amines) is 1. The van der Waals surface area contributed by atoms with E-state index in [1.54, 1.807) is 0 Å². The van der Waals surface area contributed by atoms with Crippen LogP contribution in [0.25, 0.3) is 0 Å². The monoisotopic (exact) mass is 364 g/mol. The molecule has 2 saturated heterocycles. The number of hydrazine groups is 1. The lowest BCUT2D eigenvalue weighted by Crippen LogP contribution is -2.55. The van der Waals surface area contributed by atoms with Crippen LogP contribution in [0.3, 0.4) is 0 Å². The van der Waals surface area contributed by atoms with Crippen LogP contribution in [0.2, 0.25) is 0 Å². The summed E-state index contributed by atoms with van der Waals surface area (Å²) < 4.78 is 0. The van der Waals surface area contributed by atoms with Crippen LogP contribution in [0.1, 0.15) is 41.9 Å². The highest BCUT2D eigenvalue weighted by atomic mass is 16.2. The van der Waals surface area contributed by atoms with Crippen molar-refractivity contribution in [1.29, 1.82) is 0 Å². The Hall–Kier alpha value is -2.24. The zero-order chi connectivity index (χ0) is 18.6. The second-order valence-corrected chi connectivity index (χ2v) is 7.75. The lowest BCUT2D eigenvalue weighted by atomic mass is 9.84. The summed E-state index contributed by atoms with van der Waals surface area (Å²) >= 11 is 0. The number of hydrogen-bond acceptors (Lipinski definition) is 4. The maximum Gasteiger partial charge on any atom is 0.227 e. The minimum Gasteiger partial charge on any atom is -0.338 e. The number of amides is 1. The number of benzene rings is 1. The molecule has 5 nitrogen and oxygen atoms in total. The fourth-order valence-corrected chi connectivity index (χ4v) is 4.55. The van der Waals surface area contributed by atoms with Gasteiger partial charge in [-0.25, -0.2) is 0 Å². The van der Waals surface area contributed by atoms with Crippen LogP contribution in [0.4, 0.5) is 0 Å². The summed E-state index contributed by atoms with van der Waals surface area (Å²) in [5.74, 6) is 0.595. The molecule has 3 unspecified atom stereocenters. The molecule has 1 amide bonds. The molecule has 4 rings (SSSR count). The van der Waals surface area contributed by atoms with Crippen LogP contribution in [0, 0.1) is 6.92 Å². The number of rotatable bonds is 4. The highest BCUT2D eigenvalue weighted by Crippen LogP contribution is 2.31. The van der Waals surface area contributed by atoms with Crippen LogP contribution in [-0.4, -0.2) is 41.0 Å². The van der Waals surface area contributed by atoms with Gasteiger partial charge in [0.25, 0.3) is 0 Å². The maximum atomic E-state index is 13.2. The zero-order valence-corrected chi connectivity index (χ0v) is 15.9. The molecular formula is C22H28N4O. The number of hydrogen-bond donors (Lipinski definition) is 2. The van der Waals surface area contributed by atoms with Crippen molar-refractivity contribution < 1.29 is 4.79 Å². The molecule has 142 valence electrons. The Morgan fingerprint density at radius 3 is 2.89 bits per heavy atom. The molecule has 0 saturated carbocycles. The van der Waals surface area contributed by atoms with Crippen LogP contribution < -0.4 is 10.9 Å². The van der Waals surface area contributed by atoms with E-state index in [9.17, 15) is 4.79 Å². The van der Waals surface area contributed by atoms with Crippen LogP contribution in [0.5, 0.6) is 0 Å². The van der Waals surface area contributed by atoms with Gasteiger partial charge in [-0.3, -0.25) is 20.6 Å². The molecule has 2 aliphatic heterocycles. The Balaban J connectivity index is 1.52. The van der Waals surface area contributed by atoms with Gasteiger partial charge in [-0.1, -0.05) is 29.8 Å². The first kappa shape index (κ1) is 18.1. The fourth-order valence-electron chi connectivity index (χ4n) is 4.55. The van der Waals surface area contributed by atoms with Crippen molar-refractivity contribution in [2.45, 2.75) is 50.6 Å². The van der Waals surface area contributed by atoms with Gasteiger partial charge in [-0.05, 0) is 49.4 Å². The molecule has 3 heterocycles. The molecule has 0 aliphatic carbocycles. The van der Waals surface area contributed by atoms with Crippen LogP contribution in [0.15, 0.2) is 48.8 Å². The number of carbonyl (C=O) groups is 1. The standard InChI is InChI=1S/C22H28N4O/c1-16-5-4-6-17(13-16)14-21(27)26-12-3-2-7-20(26)22-19(15-24-25-22)18-8-10-23-11-9-18/h4-6,8-11,13,19-20,22,24-25H,2-3,7,12,14-15H2,1H3. The topological polar surface area (TPSA) is 57.3 Å². The van der Waals surface area contributed by atoms with Crippen LogP contribution in [-0.2, 0) is 11.2 Å². The van der Waals surface area contributed by atoms with E-state index in [2.05, 4.69) is 58.0 Å². The Morgan fingerprint density at radius 1 is 1.22 bits per heavy atom. The lowest BCUT2D eigenvalue weighted by molar-refractivity contribution is -0.134. The minimum absolute atomic E-state index is 0.226. The average Bonchev–Trinajstić information content (AvgIpc) is 3.18. The lowest BCUT2D eigenvalue weighted by Gasteiger charge is -2.41. The third-order valence-electron chi connectivity index (χ3n) is 5.88. The van der Waals surface area contributed by atoms with Crippen molar-refractivity contribution in [3.05, 3.63) is 65.5 Å². The quantitative estimate of drug-likeness (QED) is 0.876. The fraction of sp³-hybridized carbons (Fsp3) is 0.455. The van der Waals surface area contributed by atoms with Crippen molar-refractivity contribution in [2.75, 3.05) is 13.1 Å². The first-order valence-electron chi connectivity index (χ1n) is 9.96. The van der Waals surface area contributed by atoms with Crippen molar-refractivity contribution in [3.8, 4) is 0 Å². The molecule has 27 heavy (non-hydrogen) atoms. The molecule has 2 fully saturated rings. The summed E-state index contributed by atoms with van der Waals surface area (Å²) in [4.78, 5) is 19.4. The summed E-state index contributed by atoms with van der Waals surface area (Å²) in [6.07, 6.45) is 7.52. The van der Waals surface area contributed by atoms with Gasteiger partial charge >= 0.3 is 0 Å². The summed E-state index contributed by atoms with van der Waals surface area (Å²) in [5, 5.41) is 0. The molecule has 3 atom stereocenters. The Bertz CT molecular complexity index is 779. The van der Waals surface area contributed by atoms with E-state index >= 15 is 0 Å². The average molecular weight is 364 g/mol. The number of nitrogens with one attached hydrogen (secondary N) is 2. The first-order valence-corrected chi connectivity index (χ1v) is 9.96. The van der Waals surface area contributed by atoms with E-state index in [1.807, 2.05) is 18.5 Å². The normalized spacial score (nSPS) is 25.5. The smallest absolute Gasteiger partial charge is 0.227 e. The van der Waals surface area contributed by atoms with E-state index in [0.717, 1.165) is 31.5 Å². The number of nitrogens with zero attached hydrogens (tertiary/aromatic N) is 2. The Morgan fingerprint density at radius 2 is 2.07 bits per heavy atom. The number of pyridine rings is 1. The Kier molecular flexibility index (Phi) is 5.50. The zero-order valence-electron chi connectivity index (χ0n) is 15.9. The summed E-state index contributed by atoms with van der Waals surface area (Å²) in [6, 6.07) is 12.9. The SMILES string of the molecule is Cc1cccc(CC(=O)N2CCCCC2C2NNCC2c2ccncc2)c1. The van der Waals surface area contributed by atoms with Crippen LogP contribution >= 0.6 is 0 Å². The Labute approximate surface area is 161 Å². The summed E-state index contributed by atoms with van der Waals surface area (Å²) in [6.45, 7) is 3.81. The largest absolute Gasteiger partial charge is 0.338 e. The summed E-state index contributed by atoms with van der Waals surface area (Å²) in [7, 11) is 0. The molecule has 1 aromatic carbocycles. The highest BCUT2D eigenvalue weighted by Gasteiger charge is 2.40. The van der Waals surface area contributed by atoms with E-state index in [1.165, 1.54) is 17.5 Å². The molecule has 0 spiro atoms. The molecule has 2 aliphatic rings. The second kappa shape index (κ2) is 8.19.